The van der Waals surface area contributed by atoms with Crippen molar-refractivity contribution in [2.24, 2.45) is 16.6 Å². The van der Waals surface area contributed by atoms with Crippen LogP contribution in [0.5, 0.6) is 11.5 Å². The van der Waals surface area contributed by atoms with E-state index in [0.717, 1.165) is 48.9 Å². The summed E-state index contributed by atoms with van der Waals surface area (Å²) >= 11 is 0. The number of guanidine groups is 1. The molecule has 5 nitrogen and oxygen atoms in total. The number of hydrogen-bond donors (Lipinski definition) is 2. The Kier molecular flexibility index (Phi) is 8.18. The fourth-order valence-electron chi connectivity index (χ4n) is 2.13. The van der Waals surface area contributed by atoms with E-state index in [1.807, 2.05) is 18.2 Å². The number of aliphatic imine (C=N–C) groups is 1. The lowest BCUT2D eigenvalue weighted by Gasteiger charge is -2.10. The maximum atomic E-state index is 5.85. The second kappa shape index (κ2) is 9.92. The maximum absolute atomic E-state index is 5.85. The molecular weight excluding hydrogens is 278 g/mol. The molecule has 0 aliphatic rings. The smallest absolute Gasteiger partial charge is 0.188 e. The van der Waals surface area contributed by atoms with Gasteiger partial charge in [0, 0.05) is 13.1 Å². The first kappa shape index (κ1) is 18.1. The average molecular weight is 307 g/mol. The Hall–Kier alpha value is -1.91. The van der Waals surface area contributed by atoms with E-state index < -0.39 is 0 Å². The van der Waals surface area contributed by atoms with Crippen LogP contribution in [0.25, 0.3) is 0 Å². The first-order valence-corrected chi connectivity index (χ1v) is 7.81. The van der Waals surface area contributed by atoms with Gasteiger partial charge in [-0.3, -0.25) is 4.99 Å². The molecule has 1 aromatic carbocycles. The van der Waals surface area contributed by atoms with Crippen LogP contribution >= 0.6 is 0 Å². The van der Waals surface area contributed by atoms with Crippen LogP contribution in [-0.4, -0.2) is 33.3 Å². The van der Waals surface area contributed by atoms with Crippen LogP contribution < -0.4 is 20.5 Å². The van der Waals surface area contributed by atoms with E-state index in [1.54, 1.807) is 14.2 Å². The van der Waals surface area contributed by atoms with E-state index in [0.29, 0.717) is 5.96 Å². The normalized spacial score (nSPS) is 11.6. The van der Waals surface area contributed by atoms with Crippen molar-refractivity contribution < 1.29 is 9.47 Å². The van der Waals surface area contributed by atoms with E-state index in [9.17, 15) is 0 Å². The zero-order valence-electron chi connectivity index (χ0n) is 14.2. The van der Waals surface area contributed by atoms with Crippen LogP contribution in [0.2, 0.25) is 0 Å². The Morgan fingerprint density at radius 3 is 2.59 bits per heavy atom. The summed E-state index contributed by atoms with van der Waals surface area (Å²) in [5, 5.41) is 3.14. The molecule has 0 fully saturated rings. The van der Waals surface area contributed by atoms with Gasteiger partial charge in [0.2, 0.25) is 0 Å². The lowest BCUT2D eigenvalue weighted by Crippen LogP contribution is -2.33. The number of nitrogens with zero attached hydrogens (tertiary/aromatic N) is 1. The van der Waals surface area contributed by atoms with Crippen molar-refractivity contribution in [1.29, 1.82) is 0 Å². The topological polar surface area (TPSA) is 68.9 Å². The molecule has 0 aliphatic heterocycles. The van der Waals surface area contributed by atoms with Gasteiger partial charge >= 0.3 is 0 Å². The van der Waals surface area contributed by atoms with Crippen molar-refractivity contribution in [3.8, 4) is 11.5 Å². The Balaban J connectivity index is 2.35. The summed E-state index contributed by atoms with van der Waals surface area (Å²) in [4.78, 5) is 4.33. The molecule has 0 atom stereocenters. The van der Waals surface area contributed by atoms with Gasteiger partial charge in [-0.2, -0.15) is 0 Å². The highest BCUT2D eigenvalue weighted by Crippen LogP contribution is 2.27. The minimum absolute atomic E-state index is 0.518. The molecule has 124 valence electrons. The monoisotopic (exact) mass is 307 g/mol. The van der Waals surface area contributed by atoms with Gasteiger partial charge in [-0.1, -0.05) is 19.9 Å². The molecule has 0 heterocycles. The van der Waals surface area contributed by atoms with Crippen LogP contribution in [0.1, 0.15) is 32.3 Å². The molecule has 0 unspecified atom stereocenters. The number of nitrogens with two attached hydrogens (primary N) is 1. The van der Waals surface area contributed by atoms with E-state index in [4.69, 9.17) is 15.2 Å². The predicted molar refractivity (Wildman–Crippen MR) is 91.8 cm³/mol. The molecule has 0 aromatic heterocycles. The molecule has 0 saturated carbocycles. The Bertz CT molecular complexity index is 473. The van der Waals surface area contributed by atoms with Gasteiger partial charge in [0.15, 0.2) is 17.5 Å². The van der Waals surface area contributed by atoms with Crippen molar-refractivity contribution in [2.75, 3.05) is 27.3 Å². The molecule has 1 aromatic rings. The third-order valence-electron chi connectivity index (χ3n) is 3.39. The van der Waals surface area contributed by atoms with Crippen LogP contribution in [-0.2, 0) is 6.42 Å². The van der Waals surface area contributed by atoms with Crippen molar-refractivity contribution >= 4 is 5.96 Å². The van der Waals surface area contributed by atoms with Crippen LogP contribution in [0.3, 0.4) is 0 Å². The third-order valence-corrected chi connectivity index (χ3v) is 3.39. The van der Waals surface area contributed by atoms with Crippen molar-refractivity contribution in [2.45, 2.75) is 33.1 Å². The van der Waals surface area contributed by atoms with Crippen LogP contribution in [0, 0.1) is 5.92 Å². The van der Waals surface area contributed by atoms with E-state index >= 15 is 0 Å². The van der Waals surface area contributed by atoms with E-state index in [-0.39, 0.29) is 0 Å². The zero-order chi connectivity index (χ0) is 16.4. The number of nitrogens with one attached hydrogen (secondary N) is 1. The molecule has 22 heavy (non-hydrogen) atoms. The summed E-state index contributed by atoms with van der Waals surface area (Å²) in [7, 11) is 3.28. The number of methoxy groups -OCH3 is 2. The highest BCUT2D eigenvalue weighted by atomic mass is 16.5. The SMILES string of the molecule is COc1ccc(CCNC(N)=NCCCC(C)C)cc1OC. The number of ether oxygens (including phenoxy) is 2. The van der Waals surface area contributed by atoms with Gasteiger partial charge in [-0.25, -0.2) is 0 Å². The molecule has 0 amide bonds. The molecular formula is C17H29N3O2. The lowest BCUT2D eigenvalue weighted by molar-refractivity contribution is 0.354. The summed E-state index contributed by atoms with van der Waals surface area (Å²) in [6.07, 6.45) is 3.11. The molecule has 0 saturated heterocycles. The van der Waals surface area contributed by atoms with Crippen molar-refractivity contribution in [3.05, 3.63) is 23.8 Å². The highest BCUT2D eigenvalue weighted by Gasteiger charge is 2.04. The van der Waals surface area contributed by atoms with Gasteiger partial charge in [0.1, 0.15) is 0 Å². The molecule has 1 rings (SSSR count). The lowest BCUT2D eigenvalue weighted by atomic mass is 10.1. The Labute approximate surface area is 133 Å². The molecule has 0 aliphatic carbocycles. The number of rotatable bonds is 9. The van der Waals surface area contributed by atoms with E-state index in [2.05, 4.69) is 24.2 Å². The summed E-state index contributed by atoms with van der Waals surface area (Å²) in [5.41, 5.74) is 7.02. The Morgan fingerprint density at radius 2 is 1.95 bits per heavy atom. The molecule has 0 spiro atoms. The maximum Gasteiger partial charge on any atom is 0.188 e. The number of hydrogen-bond acceptors (Lipinski definition) is 3. The zero-order valence-corrected chi connectivity index (χ0v) is 14.2. The fourth-order valence-corrected chi connectivity index (χ4v) is 2.13. The second-order valence-corrected chi connectivity index (χ2v) is 5.67. The minimum atomic E-state index is 0.518. The van der Waals surface area contributed by atoms with Gasteiger partial charge in [-0.05, 0) is 42.9 Å². The van der Waals surface area contributed by atoms with Crippen LogP contribution in [0.15, 0.2) is 23.2 Å². The first-order chi connectivity index (χ1) is 10.6. The molecule has 3 N–H and O–H groups in total. The van der Waals surface area contributed by atoms with Gasteiger partial charge in [0.05, 0.1) is 14.2 Å². The minimum Gasteiger partial charge on any atom is -0.493 e. The molecule has 0 radical (unpaired) electrons. The second-order valence-electron chi connectivity index (χ2n) is 5.67. The van der Waals surface area contributed by atoms with Gasteiger partial charge in [0.25, 0.3) is 0 Å². The van der Waals surface area contributed by atoms with E-state index in [1.165, 1.54) is 6.42 Å². The average Bonchev–Trinajstić information content (AvgIpc) is 2.51. The molecule has 5 heteroatoms. The highest BCUT2D eigenvalue weighted by molar-refractivity contribution is 5.77. The molecule has 0 bridgehead atoms. The fraction of sp³-hybridized carbons (Fsp3) is 0.588. The van der Waals surface area contributed by atoms with Crippen LogP contribution in [0.4, 0.5) is 0 Å². The Morgan fingerprint density at radius 1 is 1.23 bits per heavy atom. The summed E-state index contributed by atoms with van der Waals surface area (Å²) in [6, 6.07) is 5.92. The summed E-state index contributed by atoms with van der Waals surface area (Å²) in [5.74, 6) is 2.72. The summed E-state index contributed by atoms with van der Waals surface area (Å²) < 4.78 is 10.5. The van der Waals surface area contributed by atoms with Gasteiger partial charge in [-0.15, -0.1) is 0 Å². The summed E-state index contributed by atoms with van der Waals surface area (Å²) in [6.45, 7) is 5.96. The largest absolute Gasteiger partial charge is 0.493 e. The predicted octanol–water partition coefficient (Wildman–Crippen LogP) is 2.59. The van der Waals surface area contributed by atoms with Crippen molar-refractivity contribution in [3.63, 3.8) is 0 Å². The number of benzene rings is 1. The first-order valence-electron chi connectivity index (χ1n) is 7.81. The third kappa shape index (κ3) is 6.70. The van der Waals surface area contributed by atoms with Gasteiger partial charge < -0.3 is 20.5 Å². The quantitative estimate of drug-likeness (QED) is 0.418. The standard InChI is InChI=1S/C17H29N3O2/c1-13(2)6-5-10-19-17(18)20-11-9-14-7-8-15(21-3)16(12-14)22-4/h7-8,12-13H,5-6,9-11H2,1-4H3,(H3,18,19,20). The van der Waals surface area contributed by atoms with Crippen molar-refractivity contribution in [1.82, 2.24) is 5.32 Å².